The molecule has 0 spiro atoms. The smallest absolute Gasteiger partial charge is 0.130 e. The van der Waals surface area contributed by atoms with Gasteiger partial charge in [0, 0.05) is 0 Å². The zero-order chi connectivity index (χ0) is 8.27. The van der Waals surface area contributed by atoms with Crippen LogP contribution >= 0.6 is 0 Å². The molecule has 0 radical (unpaired) electrons. The SMILES string of the molecule is C=Cc1ccc([NH+](C)C)cc1.[Cl-]. The second kappa shape index (κ2) is 4.96. The molecule has 0 aliphatic carbocycles. The highest BCUT2D eigenvalue weighted by molar-refractivity contribution is 5.49. The van der Waals surface area contributed by atoms with Crippen molar-refractivity contribution in [1.29, 1.82) is 0 Å². The highest BCUT2D eigenvalue weighted by Crippen LogP contribution is 2.05. The molecular formula is C10H14ClN. The van der Waals surface area contributed by atoms with Crippen LogP contribution in [0.5, 0.6) is 0 Å². The van der Waals surface area contributed by atoms with Gasteiger partial charge in [0.25, 0.3) is 0 Å². The number of rotatable bonds is 2. The topological polar surface area (TPSA) is 4.44 Å². The van der Waals surface area contributed by atoms with E-state index in [1.807, 2.05) is 6.08 Å². The molecular weight excluding hydrogens is 170 g/mol. The lowest BCUT2D eigenvalue weighted by atomic mass is 10.2. The van der Waals surface area contributed by atoms with Crippen molar-refractivity contribution in [3.63, 3.8) is 0 Å². The van der Waals surface area contributed by atoms with Crippen LogP contribution in [-0.2, 0) is 0 Å². The van der Waals surface area contributed by atoms with Crippen molar-refractivity contribution in [2.45, 2.75) is 0 Å². The van der Waals surface area contributed by atoms with Crippen LogP contribution in [0.1, 0.15) is 5.56 Å². The summed E-state index contributed by atoms with van der Waals surface area (Å²) in [5.41, 5.74) is 2.48. The normalized spacial score (nSPS) is 9.25. The fourth-order valence-electron chi connectivity index (χ4n) is 0.953. The van der Waals surface area contributed by atoms with Crippen LogP contribution in [0.15, 0.2) is 30.8 Å². The Morgan fingerprint density at radius 2 is 1.67 bits per heavy atom. The number of halogens is 1. The third-order valence-corrected chi connectivity index (χ3v) is 1.72. The summed E-state index contributed by atoms with van der Waals surface area (Å²) in [6, 6.07) is 8.39. The number of benzene rings is 1. The van der Waals surface area contributed by atoms with Gasteiger partial charge in [0.05, 0.1) is 14.1 Å². The Bertz CT molecular complexity index is 239. The molecule has 0 aliphatic rings. The van der Waals surface area contributed by atoms with Gasteiger partial charge in [-0.05, 0) is 29.8 Å². The molecule has 0 saturated carbocycles. The van der Waals surface area contributed by atoms with Gasteiger partial charge in [0.1, 0.15) is 5.69 Å². The van der Waals surface area contributed by atoms with Gasteiger partial charge in [0.2, 0.25) is 0 Å². The maximum absolute atomic E-state index is 3.70. The second-order valence-corrected chi connectivity index (χ2v) is 2.83. The minimum absolute atomic E-state index is 0. The summed E-state index contributed by atoms with van der Waals surface area (Å²) in [7, 11) is 4.23. The molecule has 1 N–H and O–H groups in total. The van der Waals surface area contributed by atoms with E-state index in [1.165, 1.54) is 16.2 Å². The zero-order valence-electron chi connectivity index (χ0n) is 7.47. The van der Waals surface area contributed by atoms with E-state index in [9.17, 15) is 0 Å². The summed E-state index contributed by atoms with van der Waals surface area (Å²) in [4.78, 5) is 1.35. The monoisotopic (exact) mass is 183 g/mol. The van der Waals surface area contributed by atoms with Gasteiger partial charge in [-0.2, -0.15) is 0 Å². The van der Waals surface area contributed by atoms with E-state index in [4.69, 9.17) is 0 Å². The van der Waals surface area contributed by atoms with Gasteiger partial charge >= 0.3 is 0 Å². The third kappa shape index (κ3) is 2.68. The summed E-state index contributed by atoms with van der Waals surface area (Å²) in [5.74, 6) is 0. The van der Waals surface area contributed by atoms with Crippen LogP contribution in [0.25, 0.3) is 6.08 Å². The van der Waals surface area contributed by atoms with E-state index in [0.717, 1.165) is 0 Å². The summed E-state index contributed by atoms with van der Waals surface area (Å²) >= 11 is 0. The Kier molecular flexibility index (Phi) is 4.64. The highest BCUT2D eigenvalue weighted by Gasteiger charge is 1.96. The fraction of sp³-hybridized carbons (Fsp3) is 0.200. The summed E-state index contributed by atoms with van der Waals surface area (Å²) in [5, 5.41) is 0. The van der Waals surface area contributed by atoms with Crippen molar-refractivity contribution in [2.75, 3.05) is 14.1 Å². The number of hydrogen-bond donors (Lipinski definition) is 1. The van der Waals surface area contributed by atoms with Crippen molar-refractivity contribution < 1.29 is 17.3 Å². The lowest BCUT2D eigenvalue weighted by molar-refractivity contribution is -0.786. The molecule has 0 heterocycles. The first-order valence-corrected chi connectivity index (χ1v) is 3.77. The minimum atomic E-state index is 0. The second-order valence-electron chi connectivity index (χ2n) is 2.83. The molecule has 0 saturated heterocycles. The predicted octanol–water partition coefficient (Wildman–Crippen LogP) is -1.89. The highest BCUT2D eigenvalue weighted by atomic mass is 35.5. The van der Waals surface area contributed by atoms with E-state index in [-0.39, 0.29) is 12.4 Å². The Labute approximate surface area is 80.1 Å². The van der Waals surface area contributed by atoms with Crippen molar-refractivity contribution in [2.24, 2.45) is 0 Å². The molecule has 0 amide bonds. The van der Waals surface area contributed by atoms with Crippen LogP contribution in [0, 0.1) is 0 Å². The summed E-state index contributed by atoms with van der Waals surface area (Å²) < 4.78 is 0. The van der Waals surface area contributed by atoms with Gasteiger partial charge < -0.3 is 17.3 Å². The minimum Gasteiger partial charge on any atom is -1.00 e. The average molecular weight is 184 g/mol. The lowest BCUT2D eigenvalue weighted by Gasteiger charge is -2.05. The first kappa shape index (κ1) is 11.2. The third-order valence-electron chi connectivity index (χ3n) is 1.72. The van der Waals surface area contributed by atoms with E-state index >= 15 is 0 Å². The molecule has 0 fully saturated rings. The maximum atomic E-state index is 3.70. The molecule has 0 aromatic heterocycles. The lowest BCUT2D eigenvalue weighted by Crippen LogP contribution is -3.00. The Morgan fingerprint density at radius 1 is 1.17 bits per heavy atom. The van der Waals surface area contributed by atoms with Gasteiger partial charge in [-0.1, -0.05) is 12.7 Å². The van der Waals surface area contributed by atoms with Gasteiger partial charge in [0.15, 0.2) is 0 Å². The molecule has 12 heavy (non-hydrogen) atoms. The molecule has 1 aromatic carbocycles. The van der Waals surface area contributed by atoms with E-state index in [0.29, 0.717) is 0 Å². The van der Waals surface area contributed by atoms with Crippen LogP contribution in [-0.4, -0.2) is 14.1 Å². The van der Waals surface area contributed by atoms with Crippen molar-refractivity contribution >= 4 is 11.8 Å². The largest absolute Gasteiger partial charge is 1.00 e. The molecule has 0 bridgehead atoms. The first-order valence-electron chi connectivity index (χ1n) is 3.77. The number of nitrogens with one attached hydrogen (secondary N) is 1. The predicted molar refractivity (Wildman–Crippen MR) is 49.0 cm³/mol. The molecule has 0 aliphatic heterocycles. The summed E-state index contributed by atoms with van der Waals surface area (Å²) in [6.07, 6.45) is 1.86. The van der Waals surface area contributed by atoms with Crippen molar-refractivity contribution in [3.8, 4) is 0 Å². The quantitative estimate of drug-likeness (QED) is 0.547. The van der Waals surface area contributed by atoms with Gasteiger partial charge in [-0.3, -0.25) is 0 Å². The van der Waals surface area contributed by atoms with Crippen LogP contribution in [0.4, 0.5) is 5.69 Å². The molecule has 0 unspecified atom stereocenters. The van der Waals surface area contributed by atoms with Crippen LogP contribution < -0.4 is 17.3 Å². The molecule has 0 atom stereocenters. The molecule has 1 nitrogen and oxygen atoms in total. The fourth-order valence-corrected chi connectivity index (χ4v) is 0.953. The van der Waals surface area contributed by atoms with Gasteiger partial charge in [-0.15, -0.1) is 0 Å². The zero-order valence-corrected chi connectivity index (χ0v) is 8.23. The number of quaternary nitrogens is 1. The molecule has 66 valence electrons. The average Bonchev–Trinajstić information content (AvgIpc) is 2.05. The Balaban J connectivity index is 0.00000121. The van der Waals surface area contributed by atoms with E-state index in [2.05, 4.69) is 44.9 Å². The standard InChI is InChI=1S/C10H13N.ClH/c1-4-9-5-7-10(8-6-9)11(2)3;/h4-8H,1H2,2-3H3;1H. The maximum Gasteiger partial charge on any atom is 0.130 e. The van der Waals surface area contributed by atoms with E-state index in [1.54, 1.807) is 0 Å². The summed E-state index contributed by atoms with van der Waals surface area (Å²) in [6.45, 7) is 3.70. The van der Waals surface area contributed by atoms with Crippen LogP contribution in [0.3, 0.4) is 0 Å². The van der Waals surface area contributed by atoms with Crippen LogP contribution in [0.2, 0.25) is 0 Å². The van der Waals surface area contributed by atoms with Crippen molar-refractivity contribution in [3.05, 3.63) is 36.4 Å². The molecule has 1 aromatic rings. The Hall–Kier alpha value is -0.790. The first-order chi connectivity index (χ1) is 5.24. The number of hydrogen-bond acceptors (Lipinski definition) is 0. The Morgan fingerprint density at radius 3 is 2.00 bits per heavy atom. The van der Waals surface area contributed by atoms with E-state index < -0.39 is 0 Å². The van der Waals surface area contributed by atoms with Gasteiger partial charge in [-0.25, -0.2) is 0 Å². The van der Waals surface area contributed by atoms with Crippen molar-refractivity contribution in [1.82, 2.24) is 0 Å². The molecule has 2 heteroatoms. The molecule has 1 rings (SSSR count).